The van der Waals surface area contributed by atoms with Crippen LogP contribution in [0.5, 0.6) is 0 Å². The number of aromatic amines is 1. The Bertz CT molecular complexity index is 1420. The van der Waals surface area contributed by atoms with E-state index in [1.165, 1.54) is 30.4 Å². The molecule has 0 aliphatic carbocycles. The highest BCUT2D eigenvalue weighted by Gasteiger charge is 2.25. The van der Waals surface area contributed by atoms with E-state index in [-0.39, 0.29) is 11.3 Å². The summed E-state index contributed by atoms with van der Waals surface area (Å²) in [7, 11) is 0. The van der Waals surface area contributed by atoms with Crippen LogP contribution in [-0.4, -0.2) is 19.5 Å². The molecule has 7 nitrogen and oxygen atoms in total. The van der Waals surface area contributed by atoms with Gasteiger partial charge in [-0.05, 0) is 36.4 Å². The topological polar surface area (TPSA) is 88.8 Å². The number of aromatic nitrogens is 4. The molecule has 0 saturated heterocycles. The van der Waals surface area contributed by atoms with Crippen LogP contribution in [0.4, 0.5) is 4.39 Å². The van der Waals surface area contributed by atoms with Crippen molar-refractivity contribution in [3.63, 3.8) is 0 Å². The smallest absolute Gasteiger partial charge is 0.268 e. The van der Waals surface area contributed by atoms with Crippen LogP contribution in [0.2, 0.25) is 5.02 Å². The van der Waals surface area contributed by atoms with Crippen LogP contribution in [-0.2, 0) is 22.4 Å². The molecule has 0 saturated carbocycles. The van der Waals surface area contributed by atoms with Gasteiger partial charge in [0.25, 0.3) is 6.29 Å². The SMILES string of the molecule is N=c1ncn(CCc2c(F)cccc2Cl)c2nc(SC3=COC(c4ccccc4Br)O3)[nH]c12. The molecule has 1 atom stereocenters. The first-order valence-corrected chi connectivity index (χ1v) is 11.9. The number of nitrogens with one attached hydrogen (secondary N) is 2. The number of H-pyrrole nitrogens is 1. The fourth-order valence-corrected chi connectivity index (χ4v) is 4.85. The van der Waals surface area contributed by atoms with Gasteiger partial charge >= 0.3 is 0 Å². The summed E-state index contributed by atoms with van der Waals surface area (Å²) >= 11 is 10.9. The first kappa shape index (κ1) is 22.0. The maximum atomic E-state index is 14.1. The largest absolute Gasteiger partial charge is 0.454 e. The number of aryl methyl sites for hydroxylation is 1. The maximum Gasteiger partial charge on any atom is 0.268 e. The van der Waals surface area contributed by atoms with Crippen molar-refractivity contribution in [1.82, 2.24) is 19.5 Å². The lowest BCUT2D eigenvalue weighted by Gasteiger charge is -2.12. The van der Waals surface area contributed by atoms with E-state index >= 15 is 0 Å². The molecule has 11 heteroatoms. The predicted octanol–water partition coefficient (Wildman–Crippen LogP) is 5.67. The number of thioether (sulfide) groups is 1. The Morgan fingerprint density at radius 2 is 2.09 bits per heavy atom. The Hall–Kier alpha value is -2.82. The van der Waals surface area contributed by atoms with Gasteiger partial charge in [0.15, 0.2) is 16.3 Å². The van der Waals surface area contributed by atoms with E-state index in [0.717, 1.165) is 10.0 Å². The molecule has 2 aromatic heterocycles. The van der Waals surface area contributed by atoms with Crippen LogP contribution >= 0.6 is 39.3 Å². The average molecular weight is 549 g/mol. The number of fused-ring (bicyclic) bond motifs is 1. The van der Waals surface area contributed by atoms with Gasteiger partial charge in [0.1, 0.15) is 17.6 Å². The van der Waals surface area contributed by atoms with E-state index in [4.69, 9.17) is 26.5 Å². The third kappa shape index (κ3) is 4.50. The summed E-state index contributed by atoms with van der Waals surface area (Å²) in [5.41, 5.74) is 2.37. The quantitative estimate of drug-likeness (QED) is 0.324. The molecule has 0 amide bonds. The molecule has 0 fully saturated rings. The monoisotopic (exact) mass is 547 g/mol. The van der Waals surface area contributed by atoms with Gasteiger partial charge in [-0.3, -0.25) is 5.41 Å². The van der Waals surface area contributed by atoms with E-state index in [1.54, 1.807) is 16.7 Å². The molecule has 0 spiro atoms. The Balaban J connectivity index is 1.35. The van der Waals surface area contributed by atoms with Crippen LogP contribution in [0.3, 0.4) is 0 Å². The summed E-state index contributed by atoms with van der Waals surface area (Å²) in [6, 6.07) is 12.3. The molecular formula is C22H16BrClFN5O2S. The van der Waals surface area contributed by atoms with Gasteiger partial charge in [0.2, 0.25) is 5.09 Å². The van der Waals surface area contributed by atoms with Crippen molar-refractivity contribution < 1.29 is 13.9 Å². The summed E-state index contributed by atoms with van der Waals surface area (Å²) < 4.78 is 28.4. The average Bonchev–Trinajstić information content (AvgIpc) is 3.43. The van der Waals surface area contributed by atoms with Crippen LogP contribution in [0, 0.1) is 11.2 Å². The van der Waals surface area contributed by atoms with Gasteiger partial charge in [-0.25, -0.2) is 14.4 Å². The van der Waals surface area contributed by atoms with Gasteiger partial charge in [-0.15, -0.1) is 0 Å². The first-order valence-electron chi connectivity index (χ1n) is 9.87. The van der Waals surface area contributed by atoms with Gasteiger partial charge in [-0.1, -0.05) is 51.8 Å². The predicted molar refractivity (Wildman–Crippen MR) is 126 cm³/mol. The number of imidazole rings is 1. The molecule has 33 heavy (non-hydrogen) atoms. The minimum atomic E-state index is -0.559. The molecule has 5 rings (SSSR count). The summed E-state index contributed by atoms with van der Waals surface area (Å²) in [5, 5.41) is 9.55. The molecule has 3 heterocycles. The van der Waals surface area contributed by atoms with Crippen molar-refractivity contribution in [3.05, 3.63) is 92.1 Å². The highest BCUT2D eigenvalue weighted by molar-refractivity contribution is 9.10. The second kappa shape index (κ2) is 9.20. The van der Waals surface area contributed by atoms with Crippen molar-refractivity contribution >= 4 is 50.5 Å². The van der Waals surface area contributed by atoms with Gasteiger partial charge in [0, 0.05) is 27.2 Å². The number of hydrogen-bond donors (Lipinski definition) is 2. The molecule has 1 aliphatic heterocycles. The number of rotatable bonds is 6. The highest BCUT2D eigenvalue weighted by Crippen LogP contribution is 2.39. The van der Waals surface area contributed by atoms with E-state index in [9.17, 15) is 4.39 Å². The number of halogens is 3. The van der Waals surface area contributed by atoms with Crippen LogP contribution in [0.1, 0.15) is 17.4 Å². The number of nitrogens with zero attached hydrogens (tertiary/aromatic N) is 3. The highest BCUT2D eigenvalue weighted by atomic mass is 79.9. The lowest BCUT2D eigenvalue weighted by molar-refractivity contribution is -0.0278. The minimum Gasteiger partial charge on any atom is -0.454 e. The molecule has 4 aromatic rings. The third-order valence-corrected chi connectivity index (χ3v) is 6.89. The van der Waals surface area contributed by atoms with Crippen LogP contribution in [0.25, 0.3) is 11.2 Å². The summed E-state index contributed by atoms with van der Waals surface area (Å²) in [5.74, 6) is -0.354. The minimum absolute atomic E-state index is 0.0631. The zero-order chi connectivity index (χ0) is 22.9. The number of ether oxygens (including phenoxy) is 2. The van der Waals surface area contributed by atoms with Gasteiger partial charge < -0.3 is 19.0 Å². The summed E-state index contributed by atoms with van der Waals surface area (Å²) in [6.45, 7) is 0.395. The Morgan fingerprint density at radius 1 is 1.24 bits per heavy atom. The van der Waals surface area contributed by atoms with Crippen molar-refractivity contribution in [2.75, 3.05) is 0 Å². The van der Waals surface area contributed by atoms with E-state index in [1.807, 2.05) is 24.3 Å². The lowest BCUT2D eigenvalue weighted by atomic mass is 10.1. The molecular weight excluding hydrogens is 533 g/mol. The maximum absolute atomic E-state index is 14.1. The van der Waals surface area contributed by atoms with Crippen LogP contribution in [0.15, 0.2) is 69.8 Å². The Kier molecular flexibility index (Phi) is 6.13. The molecule has 0 bridgehead atoms. The Labute approximate surface area is 205 Å². The number of hydrogen-bond acceptors (Lipinski definition) is 6. The molecule has 0 radical (unpaired) electrons. The van der Waals surface area contributed by atoms with Crippen molar-refractivity contribution in [1.29, 1.82) is 5.41 Å². The van der Waals surface area contributed by atoms with Crippen LogP contribution < -0.4 is 5.49 Å². The summed E-state index contributed by atoms with van der Waals surface area (Å²) in [6.07, 6.45) is 2.86. The fraction of sp³-hybridized carbons (Fsp3) is 0.136. The van der Waals surface area contributed by atoms with Gasteiger partial charge in [0.05, 0.1) is 6.33 Å². The van der Waals surface area contributed by atoms with Crippen molar-refractivity contribution in [2.24, 2.45) is 0 Å². The molecule has 1 aliphatic rings. The second-order valence-electron chi connectivity index (χ2n) is 7.12. The molecule has 1 unspecified atom stereocenters. The second-order valence-corrected chi connectivity index (χ2v) is 9.38. The summed E-state index contributed by atoms with van der Waals surface area (Å²) in [4.78, 5) is 11.8. The first-order chi connectivity index (χ1) is 16.0. The van der Waals surface area contributed by atoms with E-state index < -0.39 is 6.29 Å². The normalized spacial score (nSPS) is 15.4. The number of benzene rings is 2. The Morgan fingerprint density at radius 3 is 2.91 bits per heavy atom. The van der Waals surface area contributed by atoms with Crippen molar-refractivity contribution in [2.45, 2.75) is 24.4 Å². The molecule has 2 N–H and O–H groups in total. The third-order valence-electron chi connectivity index (χ3n) is 5.03. The van der Waals surface area contributed by atoms with Gasteiger partial charge in [-0.2, -0.15) is 0 Å². The molecule has 2 aromatic carbocycles. The zero-order valence-electron chi connectivity index (χ0n) is 16.9. The molecule has 168 valence electrons. The van der Waals surface area contributed by atoms with Crippen molar-refractivity contribution in [3.8, 4) is 0 Å². The zero-order valence-corrected chi connectivity index (χ0v) is 20.0. The fourth-order valence-electron chi connectivity index (χ4n) is 3.40. The lowest BCUT2D eigenvalue weighted by Crippen LogP contribution is -2.14. The van der Waals surface area contributed by atoms with E-state index in [2.05, 4.69) is 30.9 Å². The van der Waals surface area contributed by atoms with E-state index in [0.29, 0.717) is 45.0 Å². The standard InChI is InChI=1S/C22H16BrClFN5O2S/c23-14-5-2-1-4-12(14)21-31-10-17(32-21)33-22-28-18-19(26)27-11-30(20(18)29-22)9-8-13-15(24)6-3-7-16(13)25/h1-7,10-11,21,26H,8-9H2,(H,28,29).